The van der Waals surface area contributed by atoms with Crippen molar-refractivity contribution in [2.75, 3.05) is 25.0 Å². The molecule has 1 aromatic heterocycles. The van der Waals surface area contributed by atoms with Crippen molar-refractivity contribution in [2.45, 2.75) is 32.2 Å². The Morgan fingerprint density at radius 2 is 2.10 bits per heavy atom. The molecule has 1 aliphatic heterocycles. The minimum Gasteiger partial charge on any atom is -0.383 e. The predicted octanol–water partition coefficient (Wildman–Crippen LogP) is 0.688. The van der Waals surface area contributed by atoms with Gasteiger partial charge in [-0.05, 0) is 31.6 Å². The Bertz CT molecular complexity index is 544. The van der Waals surface area contributed by atoms with Gasteiger partial charge in [-0.3, -0.25) is 9.59 Å². The predicted molar refractivity (Wildman–Crippen MR) is 75.5 cm³/mol. The number of hydrogen-bond donors (Lipinski definition) is 1. The third-order valence-electron chi connectivity index (χ3n) is 3.91. The topological polar surface area (TPSA) is 67.2 Å². The fourth-order valence-corrected chi connectivity index (χ4v) is 2.43. The molecule has 1 N–H and O–H groups in total. The monoisotopic (exact) mass is 276 g/mol. The first-order chi connectivity index (χ1) is 9.72. The first-order valence-corrected chi connectivity index (χ1v) is 7.31. The molecule has 1 aliphatic carbocycles. The van der Waals surface area contributed by atoms with E-state index in [0.717, 1.165) is 44.1 Å². The molecule has 6 nitrogen and oxygen atoms in total. The van der Waals surface area contributed by atoms with Gasteiger partial charge in [0.05, 0.1) is 11.9 Å². The zero-order valence-corrected chi connectivity index (χ0v) is 11.5. The van der Waals surface area contributed by atoms with Gasteiger partial charge in [0.25, 0.3) is 5.56 Å². The van der Waals surface area contributed by atoms with Crippen LogP contribution in [0.25, 0.3) is 0 Å². The highest BCUT2D eigenvalue weighted by atomic mass is 16.2. The number of nitrogens with one attached hydrogen (secondary N) is 1. The third-order valence-corrected chi connectivity index (χ3v) is 3.91. The average Bonchev–Trinajstić information content (AvgIpc) is 3.10. The summed E-state index contributed by atoms with van der Waals surface area (Å²) in [4.78, 5) is 25.7. The molecule has 0 spiro atoms. The highest BCUT2D eigenvalue weighted by Gasteiger charge is 2.21. The Labute approximate surface area is 117 Å². The van der Waals surface area contributed by atoms with E-state index < -0.39 is 0 Å². The molecule has 0 unspecified atom stereocenters. The van der Waals surface area contributed by atoms with Crippen molar-refractivity contribution in [3.05, 3.63) is 22.6 Å². The van der Waals surface area contributed by atoms with E-state index in [1.54, 1.807) is 11.1 Å². The highest BCUT2D eigenvalue weighted by molar-refractivity contribution is 5.76. The van der Waals surface area contributed by atoms with Crippen LogP contribution >= 0.6 is 0 Å². The van der Waals surface area contributed by atoms with Crippen LogP contribution in [0.3, 0.4) is 0 Å². The molecule has 1 saturated heterocycles. The van der Waals surface area contributed by atoms with Gasteiger partial charge in [-0.1, -0.05) is 0 Å². The van der Waals surface area contributed by atoms with E-state index in [-0.39, 0.29) is 18.0 Å². The molecule has 0 aromatic carbocycles. The zero-order valence-electron chi connectivity index (χ0n) is 11.5. The summed E-state index contributed by atoms with van der Waals surface area (Å²) in [5.41, 5.74) is 0.519. The van der Waals surface area contributed by atoms with Gasteiger partial charge in [-0.2, -0.15) is 5.10 Å². The number of hydrogen-bond acceptors (Lipinski definition) is 4. The van der Waals surface area contributed by atoms with Gasteiger partial charge in [0.1, 0.15) is 6.54 Å². The summed E-state index contributed by atoms with van der Waals surface area (Å²) in [6.07, 6.45) is 6.26. The van der Waals surface area contributed by atoms with Gasteiger partial charge >= 0.3 is 0 Å². The molecule has 2 aliphatic rings. The molecule has 6 heteroatoms. The first kappa shape index (κ1) is 13.1. The van der Waals surface area contributed by atoms with Crippen molar-refractivity contribution in [1.29, 1.82) is 0 Å². The molecule has 1 amide bonds. The second-order valence-electron chi connectivity index (χ2n) is 5.65. The number of rotatable bonds is 5. The summed E-state index contributed by atoms with van der Waals surface area (Å²) in [6, 6.07) is 1.52. The Morgan fingerprint density at radius 3 is 2.75 bits per heavy atom. The fraction of sp³-hybridized carbons (Fsp3) is 0.643. The van der Waals surface area contributed by atoms with Crippen LogP contribution in [0, 0.1) is 5.92 Å². The van der Waals surface area contributed by atoms with Crippen LogP contribution in [0.4, 0.5) is 5.69 Å². The second kappa shape index (κ2) is 5.64. The lowest BCUT2D eigenvalue weighted by Gasteiger charge is -2.15. The molecule has 0 atom stereocenters. The Kier molecular flexibility index (Phi) is 3.71. The van der Waals surface area contributed by atoms with Crippen molar-refractivity contribution < 1.29 is 4.79 Å². The Morgan fingerprint density at radius 1 is 1.35 bits per heavy atom. The van der Waals surface area contributed by atoms with Gasteiger partial charge in [0, 0.05) is 25.7 Å². The summed E-state index contributed by atoms with van der Waals surface area (Å²) in [7, 11) is 0. The van der Waals surface area contributed by atoms with E-state index in [1.807, 2.05) is 0 Å². The minimum atomic E-state index is -0.224. The lowest BCUT2D eigenvalue weighted by atomic mass is 10.4. The molecule has 0 radical (unpaired) electrons. The van der Waals surface area contributed by atoms with Crippen molar-refractivity contribution >= 4 is 11.6 Å². The number of carbonyl (C=O) groups excluding carboxylic acids is 1. The standard InChI is InChI=1S/C14H20N4O2/c19-13-7-12(15-8-11-3-4-11)9-16-18(13)10-14(20)17-5-1-2-6-17/h7,9,11,15H,1-6,8,10H2. The van der Waals surface area contributed by atoms with E-state index in [9.17, 15) is 9.59 Å². The van der Waals surface area contributed by atoms with Crippen LogP contribution < -0.4 is 10.9 Å². The average molecular weight is 276 g/mol. The van der Waals surface area contributed by atoms with E-state index in [1.165, 1.54) is 23.6 Å². The van der Waals surface area contributed by atoms with Crippen LogP contribution in [0.5, 0.6) is 0 Å². The number of anilines is 1. The SMILES string of the molecule is O=C(Cn1ncc(NCC2CC2)cc1=O)N1CCCC1. The zero-order chi connectivity index (χ0) is 13.9. The molecule has 0 bridgehead atoms. The summed E-state index contributed by atoms with van der Waals surface area (Å²) in [6.45, 7) is 2.54. The number of carbonyl (C=O) groups is 1. The smallest absolute Gasteiger partial charge is 0.269 e. The summed E-state index contributed by atoms with van der Waals surface area (Å²) in [5.74, 6) is 0.727. The van der Waals surface area contributed by atoms with E-state index in [0.29, 0.717) is 0 Å². The first-order valence-electron chi connectivity index (χ1n) is 7.31. The van der Waals surface area contributed by atoms with Gasteiger partial charge in [0.15, 0.2) is 0 Å². The second-order valence-corrected chi connectivity index (χ2v) is 5.65. The van der Waals surface area contributed by atoms with Crippen molar-refractivity contribution in [3.63, 3.8) is 0 Å². The molecule has 2 heterocycles. The van der Waals surface area contributed by atoms with E-state index in [2.05, 4.69) is 10.4 Å². The van der Waals surface area contributed by atoms with Crippen LogP contribution in [0.15, 0.2) is 17.1 Å². The van der Waals surface area contributed by atoms with E-state index in [4.69, 9.17) is 0 Å². The molecule has 20 heavy (non-hydrogen) atoms. The van der Waals surface area contributed by atoms with Crippen LogP contribution in [-0.4, -0.2) is 40.2 Å². The number of amides is 1. The number of nitrogens with zero attached hydrogens (tertiary/aromatic N) is 3. The van der Waals surface area contributed by atoms with Crippen LogP contribution in [0.2, 0.25) is 0 Å². The Balaban J connectivity index is 1.60. The number of aromatic nitrogens is 2. The maximum Gasteiger partial charge on any atom is 0.269 e. The van der Waals surface area contributed by atoms with Gasteiger partial charge < -0.3 is 10.2 Å². The van der Waals surface area contributed by atoms with Crippen molar-refractivity contribution in [2.24, 2.45) is 5.92 Å². The molecular formula is C14H20N4O2. The fourth-order valence-electron chi connectivity index (χ4n) is 2.43. The molecule has 1 saturated carbocycles. The van der Waals surface area contributed by atoms with Crippen LogP contribution in [0.1, 0.15) is 25.7 Å². The maximum atomic E-state index is 12.0. The quantitative estimate of drug-likeness (QED) is 0.859. The highest BCUT2D eigenvalue weighted by Crippen LogP contribution is 2.28. The van der Waals surface area contributed by atoms with Gasteiger partial charge in [-0.25, -0.2) is 4.68 Å². The summed E-state index contributed by atoms with van der Waals surface area (Å²) < 4.78 is 1.24. The third kappa shape index (κ3) is 3.18. The van der Waals surface area contributed by atoms with E-state index >= 15 is 0 Å². The lowest BCUT2D eigenvalue weighted by Crippen LogP contribution is -2.35. The maximum absolute atomic E-state index is 12.0. The molecule has 3 rings (SSSR count). The van der Waals surface area contributed by atoms with Crippen molar-refractivity contribution in [1.82, 2.24) is 14.7 Å². The molecule has 2 fully saturated rings. The van der Waals surface area contributed by atoms with Gasteiger partial charge in [0.2, 0.25) is 5.91 Å². The normalized spacial score (nSPS) is 18.3. The van der Waals surface area contributed by atoms with Gasteiger partial charge in [-0.15, -0.1) is 0 Å². The summed E-state index contributed by atoms with van der Waals surface area (Å²) in [5, 5.41) is 7.29. The largest absolute Gasteiger partial charge is 0.383 e. The molecular weight excluding hydrogens is 256 g/mol. The molecule has 108 valence electrons. The summed E-state index contributed by atoms with van der Waals surface area (Å²) >= 11 is 0. The lowest BCUT2D eigenvalue weighted by molar-refractivity contribution is -0.131. The molecule has 1 aromatic rings. The van der Waals surface area contributed by atoms with Crippen molar-refractivity contribution in [3.8, 4) is 0 Å². The number of likely N-dealkylation sites (tertiary alicyclic amines) is 1. The van der Waals surface area contributed by atoms with Crippen LogP contribution in [-0.2, 0) is 11.3 Å². The Hall–Kier alpha value is -1.85. The minimum absolute atomic E-state index is 0.0178.